The van der Waals surface area contributed by atoms with E-state index in [0.29, 0.717) is 12.3 Å². The maximum atomic E-state index is 14.5. The number of benzene rings is 1. The van der Waals surface area contributed by atoms with E-state index in [1.165, 1.54) is 34.8 Å². The molecule has 2 saturated heterocycles. The van der Waals surface area contributed by atoms with Gasteiger partial charge < -0.3 is 24.4 Å². The van der Waals surface area contributed by atoms with Gasteiger partial charge >= 0.3 is 0 Å². The normalized spacial score (nSPS) is 30.0. The fourth-order valence-electron chi connectivity index (χ4n) is 4.91. The molecule has 3 aromatic rings. The molecule has 1 aromatic carbocycles. The number of methoxy groups -OCH3 is 1. The van der Waals surface area contributed by atoms with Gasteiger partial charge in [-0.15, -0.1) is 10.2 Å². The average Bonchev–Trinajstić information content (AvgIpc) is 3.58. The summed E-state index contributed by atoms with van der Waals surface area (Å²) in [6.07, 6.45) is -1.64. The summed E-state index contributed by atoms with van der Waals surface area (Å²) in [6.45, 7) is 0.0114. The zero-order valence-electron chi connectivity index (χ0n) is 20.2. The van der Waals surface area contributed by atoms with E-state index >= 15 is 0 Å². The summed E-state index contributed by atoms with van der Waals surface area (Å²) in [4.78, 5) is 0. The summed E-state index contributed by atoms with van der Waals surface area (Å²) in [7, 11) is 1.41. The molecule has 206 valence electrons. The van der Waals surface area contributed by atoms with Gasteiger partial charge in [0.2, 0.25) is 0 Å². The van der Waals surface area contributed by atoms with Crippen molar-refractivity contribution in [1.29, 1.82) is 0 Å². The molecule has 38 heavy (non-hydrogen) atoms. The van der Waals surface area contributed by atoms with Crippen LogP contribution in [0.1, 0.15) is 24.2 Å². The first-order chi connectivity index (χ1) is 18.3. The summed E-state index contributed by atoms with van der Waals surface area (Å²) < 4.78 is 62.5. The third-order valence-corrected chi connectivity index (χ3v) is 7.21. The number of aliphatic hydroxyl groups excluding tert-OH is 2. The summed E-state index contributed by atoms with van der Waals surface area (Å²) in [5.41, 5.74) is 0.306. The van der Waals surface area contributed by atoms with Gasteiger partial charge in [0.1, 0.15) is 42.3 Å². The highest BCUT2D eigenvalue weighted by molar-refractivity contribution is 6.30. The first-order valence-corrected chi connectivity index (χ1v) is 12.4. The molecule has 2 N–H and O–H groups in total. The molecule has 4 heterocycles. The van der Waals surface area contributed by atoms with Crippen molar-refractivity contribution in [3.05, 3.63) is 46.9 Å². The third kappa shape index (κ3) is 5.03. The van der Waals surface area contributed by atoms with Gasteiger partial charge in [-0.25, -0.2) is 22.5 Å². The van der Waals surface area contributed by atoms with Crippen molar-refractivity contribution in [1.82, 2.24) is 30.0 Å². The second-order valence-corrected chi connectivity index (χ2v) is 9.63. The molecule has 0 bridgehead atoms. The highest BCUT2D eigenvalue weighted by atomic mass is 35.5. The lowest BCUT2D eigenvalue weighted by atomic mass is 9.90. The number of halogens is 4. The third-order valence-electron chi connectivity index (χ3n) is 6.91. The van der Waals surface area contributed by atoms with Crippen LogP contribution in [0.2, 0.25) is 5.02 Å². The molecular formula is C23H26ClF3N6O5. The summed E-state index contributed by atoms with van der Waals surface area (Å²) >= 11 is 5.65. The Morgan fingerprint density at radius 3 is 2.66 bits per heavy atom. The molecule has 0 radical (unpaired) electrons. The monoisotopic (exact) mass is 558 g/mol. The minimum Gasteiger partial charge on any atom is -0.394 e. The SMILES string of the molecule is CO[C@@H]1[C@@H](n2cc(-c3ccc(Cl)c(F)c3F)nn2)[C@@H](O)[C@@H](CO)O[C@@H]1Cc1cn([C@@H]2COCC[C@H]2F)nn1. The second-order valence-electron chi connectivity index (χ2n) is 9.22. The standard InChI is InChI=1S/C23H26ClF3N6O5/c1-36-23-17(6-11-7-32(30-28-11)16-10-37-5-4-14(16)25)38-18(9-34)22(35)21(23)33-8-15(29-31-33)12-2-3-13(24)20(27)19(12)26/h2-3,7-8,14,16-18,21-23,34-35H,4-6,9-10H2,1H3/t14-,16-,17-,18-,21+,22+,23+/m1/s1. The highest BCUT2D eigenvalue weighted by Crippen LogP contribution is 2.35. The molecule has 2 fully saturated rings. The quantitative estimate of drug-likeness (QED) is 0.416. The zero-order chi connectivity index (χ0) is 27.0. The molecule has 2 aliphatic rings. The molecule has 0 saturated carbocycles. The van der Waals surface area contributed by atoms with Gasteiger partial charge in [-0.05, 0) is 12.1 Å². The lowest BCUT2D eigenvalue weighted by Crippen LogP contribution is -2.57. The molecule has 11 nitrogen and oxygen atoms in total. The van der Waals surface area contributed by atoms with E-state index < -0.39 is 60.9 Å². The highest BCUT2D eigenvalue weighted by Gasteiger charge is 2.47. The summed E-state index contributed by atoms with van der Waals surface area (Å²) in [5.74, 6) is -2.40. The molecule has 0 amide bonds. The van der Waals surface area contributed by atoms with Gasteiger partial charge in [-0.3, -0.25) is 0 Å². The van der Waals surface area contributed by atoms with Gasteiger partial charge in [0.05, 0.1) is 36.2 Å². The Morgan fingerprint density at radius 1 is 1.13 bits per heavy atom. The molecule has 5 rings (SSSR count). The van der Waals surface area contributed by atoms with E-state index in [2.05, 4.69) is 20.6 Å². The number of aromatic nitrogens is 6. The van der Waals surface area contributed by atoms with Gasteiger partial charge in [0, 0.05) is 38.3 Å². The first kappa shape index (κ1) is 27.0. The van der Waals surface area contributed by atoms with Crippen LogP contribution in [0.5, 0.6) is 0 Å². The van der Waals surface area contributed by atoms with Crippen LogP contribution >= 0.6 is 11.6 Å². The maximum Gasteiger partial charge on any atom is 0.178 e. The maximum absolute atomic E-state index is 14.5. The number of nitrogens with zero attached hydrogens (tertiary/aromatic N) is 6. The van der Waals surface area contributed by atoms with Crippen LogP contribution in [0.3, 0.4) is 0 Å². The Bertz CT molecular complexity index is 1260. The van der Waals surface area contributed by atoms with Crippen LogP contribution in [-0.4, -0.2) is 97.7 Å². The predicted octanol–water partition coefficient (Wildman–Crippen LogP) is 1.69. The van der Waals surface area contributed by atoms with E-state index in [1.807, 2.05) is 0 Å². The van der Waals surface area contributed by atoms with E-state index in [4.69, 9.17) is 25.8 Å². The van der Waals surface area contributed by atoms with E-state index in [-0.39, 0.29) is 35.7 Å². The van der Waals surface area contributed by atoms with Crippen LogP contribution in [0.15, 0.2) is 24.5 Å². The Kier molecular flexibility index (Phi) is 7.98. The Balaban J connectivity index is 1.41. The first-order valence-electron chi connectivity index (χ1n) is 12.0. The van der Waals surface area contributed by atoms with E-state index in [1.54, 1.807) is 6.20 Å². The topological polar surface area (TPSA) is 130 Å². The van der Waals surface area contributed by atoms with Gasteiger partial charge in [0.25, 0.3) is 0 Å². The van der Waals surface area contributed by atoms with Crippen molar-refractivity contribution in [2.45, 2.75) is 55.5 Å². The smallest absolute Gasteiger partial charge is 0.178 e. The van der Waals surface area contributed by atoms with Gasteiger partial charge in [0.15, 0.2) is 11.6 Å². The molecule has 2 aromatic heterocycles. The van der Waals surface area contributed by atoms with E-state index in [9.17, 15) is 23.4 Å². The molecular weight excluding hydrogens is 533 g/mol. The summed E-state index contributed by atoms with van der Waals surface area (Å²) in [5, 5.41) is 36.6. The lowest BCUT2D eigenvalue weighted by Gasteiger charge is -2.43. The molecule has 0 aliphatic carbocycles. The van der Waals surface area contributed by atoms with Crippen molar-refractivity contribution in [3.8, 4) is 11.3 Å². The largest absolute Gasteiger partial charge is 0.394 e. The second kappa shape index (κ2) is 11.2. The molecule has 15 heteroatoms. The number of aliphatic hydroxyl groups is 2. The average molecular weight is 559 g/mol. The predicted molar refractivity (Wildman–Crippen MR) is 125 cm³/mol. The molecule has 0 unspecified atom stereocenters. The molecule has 2 aliphatic heterocycles. The minimum absolute atomic E-state index is 0.00197. The Morgan fingerprint density at radius 2 is 1.92 bits per heavy atom. The Labute approximate surface area is 220 Å². The number of rotatable bonds is 7. The molecule has 0 spiro atoms. The van der Waals surface area contributed by atoms with Crippen molar-refractivity contribution in [2.24, 2.45) is 0 Å². The number of hydrogen-bond acceptors (Lipinski definition) is 9. The lowest BCUT2D eigenvalue weighted by molar-refractivity contribution is -0.212. The number of alkyl halides is 1. The Hall–Kier alpha value is -2.62. The van der Waals surface area contributed by atoms with Crippen LogP contribution in [-0.2, 0) is 20.6 Å². The van der Waals surface area contributed by atoms with Crippen LogP contribution < -0.4 is 0 Å². The number of ether oxygens (including phenoxy) is 3. The fourth-order valence-corrected chi connectivity index (χ4v) is 5.06. The summed E-state index contributed by atoms with van der Waals surface area (Å²) in [6, 6.07) is 0.951. The van der Waals surface area contributed by atoms with Crippen molar-refractivity contribution in [2.75, 3.05) is 26.9 Å². The molecule has 7 atom stereocenters. The van der Waals surface area contributed by atoms with Crippen LogP contribution in [0.25, 0.3) is 11.3 Å². The number of hydrogen-bond donors (Lipinski definition) is 2. The van der Waals surface area contributed by atoms with Crippen LogP contribution in [0, 0.1) is 11.6 Å². The van der Waals surface area contributed by atoms with Crippen molar-refractivity contribution in [3.63, 3.8) is 0 Å². The van der Waals surface area contributed by atoms with Crippen LogP contribution in [0.4, 0.5) is 13.2 Å². The van der Waals surface area contributed by atoms with Crippen molar-refractivity contribution < 1.29 is 37.6 Å². The van der Waals surface area contributed by atoms with Gasteiger partial charge in [-0.2, -0.15) is 0 Å². The van der Waals surface area contributed by atoms with E-state index in [0.717, 1.165) is 0 Å². The fraction of sp³-hybridized carbons (Fsp3) is 0.565. The minimum atomic E-state index is -1.29. The van der Waals surface area contributed by atoms with Gasteiger partial charge in [-0.1, -0.05) is 22.0 Å². The van der Waals surface area contributed by atoms with Crippen molar-refractivity contribution >= 4 is 11.6 Å². The zero-order valence-corrected chi connectivity index (χ0v) is 21.0.